The number of aryl methyl sites for hydroxylation is 1. The zero-order valence-corrected chi connectivity index (χ0v) is 20.7. The lowest BCUT2D eigenvalue weighted by atomic mass is 9.95. The summed E-state index contributed by atoms with van der Waals surface area (Å²) in [6.07, 6.45) is 6.15. The molecule has 0 bridgehead atoms. The molecule has 1 saturated heterocycles. The number of nitrogens with zero attached hydrogens (tertiary/aromatic N) is 5. The van der Waals surface area contributed by atoms with Gasteiger partial charge in [0.15, 0.2) is 0 Å². The molecule has 182 valence electrons. The molecule has 10 heteroatoms. The Kier molecular flexibility index (Phi) is 5.87. The van der Waals surface area contributed by atoms with Gasteiger partial charge in [0.2, 0.25) is 0 Å². The highest BCUT2D eigenvalue weighted by Gasteiger charge is 2.34. The van der Waals surface area contributed by atoms with Crippen LogP contribution in [0.3, 0.4) is 0 Å². The molecule has 2 aliphatic heterocycles. The van der Waals surface area contributed by atoms with Crippen molar-refractivity contribution in [3.63, 3.8) is 0 Å². The van der Waals surface area contributed by atoms with Crippen molar-refractivity contribution in [1.29, 1.82) is 0 Å². The predicted octanol–water partition coefficient (Wildman–Crippen LogP) is 3.69. The number of benzene rings is 1. The van der Waals surface area contributed by atoms with Gasteiger partial charge in [-0.05, 0) is 50.8 Å². The number of ether oxygens (including phenoxy) is 1. The summed E-state index contributed by atoms with van der Waals surface area (Å²) in [6, 6.07) is 6.04. The Morgan fingerprint density at radius 2 is 2.00 bits per heavy atom. The molecule has 34 heavy (non-hydrogen) atoms. The molecule has 0 N–H and O–H groups in total. The SMILES string of the molecule is COC(=O)N1c2ccc3c(nc([C@@H](C)Cn4cccn4)n3C3CCS(=O)(=O)CC3)c2CC[C@@H]1C. The monoisotopic (exact) mass is 485 g/mol. The number of carbonyl (C=O) groups excluding carboxylic acids is 1. The average molecular weight is 486 g/mol. The number of hydrogen-bond donors (Lipinski definition) is 0. The minimum Gasteiger partial charge on any atom is -0.452 e. The first-order chi connectivity index (χ1) is 16.3. The lowest BCUT2D eigenvalue weighted by Gasteiger charge is -2.34. The molecule has 2 atom stereocenters. The quantitative estimate of drug-likeness (QED) is 0.559. The van der Waals surface area contributed by atoms with Crippen LogP contribution in [-0.2, 0) is 27.5 Å². The van der Waals surface area contributed by atoms with E-state index in [0.29, 0.717) is 19.4 Å². The number of fused-ring (bicyclic) bond motifs is 3. The molecular weight excluding hydrogens is 454 g/mol. The van der Waals surface area contributed by atoms with Gasteiger partial charge < -0.3 is 9.30 Å². The van der Waals surface area contributed by atoms with Gasteiger partial charge in [-0.15, -0.1) is 0 Å². The van der Waals surface area contributed by atoms with Crippen LogP contribution < -0.4 is 4.90 Å². The second kappa shape index (κ2) is 8.72. The van der Waals surface area contributed by atoms with Crippen LogP contribution in [0.1, 0.15) is 56.5 Å². The van der Waals surface area contributed by atoms with Gasteiger partial charge in [0.25, 0.3) is 0 Å². The van der Waals surface area contributed by atoms with Crippen molar-refractivity contribution >= 4 is 32.7 Å². The topological polar surface area (TPSA) is 99.3 Å². The predicted molar refractivity (Wildman–Crippen MR) is 130 cm³/mol. The Bertz CT molecular complexity index is 1300. The maximum Gasteiger partial charge on any atom is 0.414 e. The fourth-order valence-electron chi connectivity index (χ4n) is 5.43. The van der Waals surface area contributed by atoms with E-state index in [0.717, 1.165) is 41.0 Å². The molecule has 0 spiro atoms. The van der Waals surface area contributed by atoms with Crippen molar-refractivity contribution in [1.82, 2.24) is 19.3 Å². The van der Waals surface area contributed by atoms with Gasteiger partial charge in [0, 0.05) is 36.0 Å². The van der Waals surface area contributed by atoms with Crippen LogP contribution >= 0.6 is 0 Å². The molecule has 9 nitrogen and oxygen atoms in total. The van der Waals surface area contributed by atoms with E-state index >= 15 is 0 Å². The third kappa shape index (κ3) is 3.97. The van der Waals surface area contributed by atoms with Crippen LogP contribution in [0.5, 0.6) is 0 Å². The molecule has 1 aromatic carbocycles. The highest BCUT2D eigenvalue weighted by Crippen LogP contribution is 2.40. The smallest absolute Gasteiger partial charge is 0.414 e. The molecule has 1 fully saturated rings. The van der Waals surface area contributed by atoms with Gasteiger partial charge in [-0.2, -0.15) is 5.10 Å². The number of carbonyl (C=O) groups is 1. The maximum absolute atomic E-state index is 12.6. The van der Waals surface area contributed by atoms with Crippen LogP contribution in [0.2, 0.25) is 0 Å². The first-order valence-electron chi connectivity index (χ1n) is 11.9. The van der Waals surface area contributed by atoms with Crippen molar-refractivity contribution in [3.8, 4) is 0 Å². The van der Waals surface area contributed by atoms with Crippen LogP contribution in [-0.4, -0.2) is 58.5 Å². The van der Waals surface area contributed by atoms with Crippen LogP contribution in [0.25, 0.3) is 11.0 Å². The molecule has 0 saturated carbocycles. The number of hydrogen-bond acceptors (Lipinski definition) is 6. The van der Waals surface area contributed by atoms with E-state index < -0.39 is 9.84 Å². The van der Waals surface area contributed by atoms with Crippen LogP contribution in [0.4, 0.5) is 10.5 Å². The number of anilines is 1. The standard InChI is InChI=1S/C24H31N5O4S/c1-16(15-27-12-4-11-25-27)23-26-22-19-6-5-17(2)28(24(30)33-3)20(19)7-8-21(22)29(23)18-9-13-34(31,32)14-10-18/h4,7-8,11-12,16-18H,5-6,9-10,13-15H2,1-3H3/t16-,17-/m0/s1. The van der Waals surface area contributed by atoms with E-state index in [1.54, 1.807) is 11.1 Å². The molecule has 0 radical (unpaired) electrons. The number of amides is 1. The third-order valence-corrected chi connectivity index (χ3v) is 8.92. The number of aromatic nitrogens is 4. The van der Waals surface area contributed by atoms with Gasteiger partial charge in [-0.1, -0.05) is 6.92 Å². The molecular formula is C24H31N5O4S. The van der Waals surface area contributed by atoms with Crippen LogP contribution in [0, 0.1) is 0 Å². The van der Waals surface area contributed by atoms with Gasteiger partial charge >= 0.3 is 6.09 Å². The highest BCUT2D eigenvalue weighted by molar-refractivity contribution is 7.91. The van der Waals surface area contributed by atoms with Crippen LogP contribution in [0.15, 0.2) is 30.6 Å². The van der Waals surface area contributed by atoms with Crippen molar-refractivity contribution in [2.45, 2.75) is 64.1 Å². The summed E-state index contributed by atoms with van der Waals surface area (Å²) < 4.78 is 33.5. The Balaban J connectivity index is 1.64. The Labute approximate surface area is 199 Å². The number of sulfone groups is 1. The van der Waals surface area contributed by atoms with Gasteiger partial charge in [-0.3, -0.25) is 9.58 Å². The van der Waals surface area contributed by atoms with Crippen molar-refractivity contribution < 1.29 is 17.9 Å². The number of imidazole rings is 1. The van der Waals surface area contributed by atoms with E-state index in [-0.39, 0.29) is 35.6 Å². The molecule has 3 aromatic rings. The first-order valence-corrected chi connectivity index (χ1v) is 13.7. The average Bonchev–Trinajstić information content (AvgIpc) is 3.46. The normalized spacial score (nSPS) is 21.4. The van der Waals surface area contributed by atoms with E-state index in [9.17, 15) is 13.2 Å². The molecule has 2 aliphatic rings. The summed E-state index contributed by atoms with van der Waals surface area (Å²) in [5.41, 5.74) is 3.80. The lowest BCUT2D eigenvalue weighted by Crippen LogP contribution is -2.42. The van der Waals surface area contributed by atoms with E-state index in [4.69, 9.17) is 9.72 Å². The Hall–Kier alpha value is -2.88. The fraction of sp³-hybridized carbons (Fsp3) is 0.542. The summed E-state index contributed by atoms with van der Waals surface area (Å²) in [5.74, 6) is 1.40. The summed E-state index contributed by atoms with van der Waals surface area (Å²) in [5, 5.41) is 4.36. The lowest BCUT2D eigenvalue weighted by molar-refractivity contribution is 0.175. The van der Waals surface area contributed by atoms with E-state index in [1.165, 1.54) is 7.11 Å². The number of rotatable bonds is 4. The number of methoxy groups -OCH3 is 1. The molecule has 2 aromatic heterocycles. The summed E-state index contributed by atoms with van der Waals surface area (Å²) in [7, 11) is -1.57. The van der Waals surface area contributed by atoms with Gasteiger partial charge in [-0.25, -0.2) is 18.2 Å². The molecule has 1 amide bonds. The third-order valence-electron chi connectivity index (χ3n) is 7.20. The van der Waals surface area contributed by atoms with E-state index in [2.05, 4.69) is 16.6 Å². The van der Waals surface area contributed by atoms with Crippen molar-refractivity contribution in [2.24, 2.45) is 0 Å². The Morgan fingerprint density at radius 1 is 1.24 bits per heavy atom. The summed E-state index contributed by atoms with van der Waals surface area (Å²) in [6.45, 7) is 4.84. The largest absolute Gasteiger partial charge is 0.452 e. The second-order valence-electron chi connectivity index (χ2n) is 9.51. The minimum atomic E-state index is -2.98. The highest BCUT2D eigenvalue weighted by atomic mass is 32.2. The zero-order valence-electron chi connectivity index (χ0n) is 19.8. The van der Waals surface area contributed by atoms with Crippen molar-refractivity contribution in [2.75, 3.05) is 23.5 Å². The molecule has 0 aliphatic carbocycles. The summed E-state index contributed by atoms with van der Waals surface area (Å²) in [4.78, 5) is 19.4. The summed E-state index contributed by atoms with van der Waals surface area (Å²) >= 11 is 0. The first kappa shape index (κ1) is 22.9. The molecule has 4 heterocycles. The van der Waals surface area contributed by atoms with Gasteiger partial charge in [0.1, 0.15) is 15.7 Å². The minimum absolute atomic E-state index is 0.0428. The van der Waals surface area contributed by atoms with E-state index in [1.807, 2.05) is 36.0 Å². The second-order valence-corrected chi connectivity index (χ2v) is 11.8. The Morgan fingerprint density at radius 3 is 2.68 bits per heavy atom. The fourth-order valence-corrected chi connectivity index (χ4v) is 6.90. The molecule has 5 rings (SSSR count). The maximum atomic E-state index is 12.6. The zero-order chi connectivity index (χ0) is 24.0. The molecule has 0 unspecified atom stereocenters. The van der Waals surface area contributed by atoms with Gasteiger partial charge in [0.05, 0.1) is 41.9 Å². The van der Waals surface area contributed by atoms with Crippen molar-refractivity contribution in [3.05, 3.63) is 42.0 Å².